The van der Waals surface area contributed by atoms with Crippen LogP contribution in [-0.2, 0) is 9.59 Å². The highest BCUT2D eigenvalue weighted by molar-refractivity contribution is 7.15. The number of thiazole rings is 1. The molecule has 1 aliphatic rings. The molecule has 0 saturated carbocycles. The van der Waals surface area contributed by atoms with Crippen molar-refractivity contribution in [3.05, 3.63) is 42.0 Å². The minimum atomic E-state index is -0.447. The summed E-state index contributed by atoms with van der Waals surface area (Å²) in [5, 5.41) is 7.11. The van der Waals surface area contributed by atoms with E-state index in [9.17, 15) is 14.4 Å². The van der Waals surface area contributed by atoms with E-state index in [0.717, 1.165) is 16.2 Å². The number of aromatic nitrogens is 2. The van der Waals surface area contributed by atoms with Crippen LogP contribution in [0.4, 0.5) is 10.5 Å². The van der Waals surface area contributed by atoms with Crippen molar-refractivity contribution in [2.45, 2.75) is 12.8 Å². The number of hydrogen-bond acceptors (Lipinski definition) is 5. The SMILES string of the molecule is O=C1CCN(CCC(=O)Nc2ccccc2-c2cn3ccsc3n2)C(=O)N1. The van der Waals surface area contributed by atoms with E-state index in [1.165, 1.54) is 4.90 Å². The molecule has 0 unspecified atom stereocenters. The van der Waals surface area contributed by atoms with Crippen LogP contribution in [0.2, 0.25) is 0 Å². The molecule has 1 fully saturated rings. The van der Waals surface area contributed by atoms with Crippen molar-refractivity contribution in [2.75, 3.05) is 18.4 Å². The summed E-state index contributed by atoms with van der Waals surface area (Å²) in [4.78, 5) is 42.2. The first-order valence-electron chi connectivity index (χ1n) is 8.50. The fourth-order valence-electron chi connectivity index (χ4n) is 2.93. The normalized spacial score (nSPS) is 14.4. The number of fused-ring (bicyclic) bond motifs is 1. The molecule has 3 aromatic rings. The fraction of sp³-hybridized carbons (Fsp3) is 0.222. The van der Waals surface area contributed by atoms with Crippen LogP contribution in [0.15, 0.2) is 42.0 Å². The van der Waals surface area contributed by atoms with Gasteiger partial charge in [-0.1, -0.05) is 18.2 Å². The number of benzene rings is 1. The van der Waals surface area contributed by atoms with Crippen molar-refractivity contribution in [3.63, 3.8) is 0 Å². The Labute approximate surface area is 158 Å². The van der Waals surface area contributed by atoms with Crippen molar-refractivity contribution < 1.29 is 14.4 Å². The van der Waals surface area contributed by atoms with Crippen LogP contribution < -0.4 is 10.6 Å². The van der Waals surface area contributed by atoms with Gasteiger partial charge in [-0.25, -0.2) is 9.78 Å². The molecule has 1 aliphatic heterocycles. The zero-order valence-corrected chi connectivity index (χ0v) is 15.2. The molecule has 3 heterocycles. The molecule has 1 saturated heterocycles. The Bertz CT molecular complexity index is 996. The highest BCUT2D eigenvalue weighted by Crippen LogP contribution is 2.28. The Morgan fingerprint density at radius 1 is 1.30 bits per heavy atom. The Kier molecular flexibility index (Phi) is 4.59. The molecule has 0 aliphatic carbocycles. The van der Waals surface area contributed by atoms with Crippen LogP contribution >= 0.6 is 11.3 Å². The molecule has 2 aromatic heterocycles. The van der Waals surface area contributed by atoms with E-state index in [-0.39, 0.29) is 31.2 Å². The number of imidazole rings is 1. The third-order valence-electron chi connectivity index (χ3n) is 4.32. The number of para-hydroxylation sites is 1. The van der Waals surface area contributed by atoms with Crippen molar-refractivity contribution in [3.8, 4) is 11.3 Å². The van der Waals surface area contributed by atoms with Crippen molar-refractivity contribution >= 4 is 39.8 Å². The highest BCUT2D eigenvalue weighted by atomic mass is 32.1. The predicted molar refractivity (Wildman–Crippen MR) is 101 cm³/mol. The van der Waals surface area contributed by atoms with Crippen LogP contribution in [-0.4, -0.2) is 45.2 Å². The standard InChI is InChI=1S/C18H17N5O3S/c24-15(5-7-22-8-6-16(25)21-17(22)26)19-13-4-2-1-3-12(13)14-11-23-9-10-27-18(23)20-14/h1-4,9-11H,5-8H2,(H,19,24)(H,21,25,26). The molecule has 0 radical (unpaired) electrons. The lowest BCUT2D eigenvalue weighted by molar-refractivity contribution is -0.121. The second kappa shape index (κ2) is 7.20. The molecule has 0 spiro atoms. The quantitative estimate of drug-likeness (QED) is 0.707. The van der Waals surface area contributed by atoms with Gasteiger partial charge in [-0.05, 0) is 6.07 Å². The Balaban J connectivity index is 1.43. The van der Waals surface area contributed by atoms with Crippen molar-refractivity contribution in [2.24, 2.45) is 0 Å². The summed E-state index contributed by atoms with van der Waals surface area (Å²) in [5.74, 6) is -0.484. The summed E-state index contributed by atoms with van der Waals surface area (Å²) >= 11 is 1.54. The molecule has 4 rings (SSSR count). The van der Waals surface area contributed by atoms with Crippen LogP contribution in [0.25, 0.3) is 16.2 Å². The minimum Gasteiger partial charge on any atom is -0.325 e. The molecule has 1 aromatic carbocycles. The molecule has 138 valence electrons. The average Bonchev–Trinajstić information content (AvgIpc) is 3.23. The molecule has 8 nitrogen and oxygen atoms in total. The maximum Gasteiger partial charge on any atom is 0.324 e. The largest absolute Gasteiger partial charge is 0.325 e. The van der Waals surface area contributed by atoms with E-state index < -0.39 is 6.03 Å². The highest BCUT2D eigenvalue weighted by Gasteiger charge is 2.23. The number of nitrogens with zero attached hydrogens (tertiary/aromatic N) is 3. The summed E-state index contributed by atoms with van der Waals surface area (Å²) in [5.41, 5.74) is 2.29. The van der Waals surface area contributed by atoms with E-state index in [1.807, 2.05) is 46.4 Å². The summed E-state index contributed by atoms with van der Waals surface area (Å²) in [6.07, 6.45) is 4.26. The average molecular weight is 383 g/mol. The van der Waals surface area contributed by atoms with Crippen LogP contribution in [0.3, 0.4) is 0 Å². The molecular weight excluding hydrogens is 366 g/mol. The van der Waals surface area contributed by atoms with E-state index in [0.29, 0.717) is 12.2 Å². The lowest BCUT2D eigenvalue weighted by atomic mass is 10.1. The van der Waals surface area contributed by atoms with Gasteiger partial charge >= 0.3 is 6.03 Å². The third kappa shape index (κ3) is 3.68. The number of amides is 4. The van der Waals surface area contributed by atoms with E-state index in [1.54, 1.807) is 11.3 Å². The zero-order chi connectivity index (χ0) is 18.8. The molecule has 4 amide bonds. The molecule has 0 atom stereocenters. The van der Waals surface area contributed by atoms with Gasteiger partial charge in [0.25, 0.3) is 0 Å². The van der Waals surface area contributed by atoms with Gasteiger partial charge < -0.3 is 10.2 Å². The number of carbonyl (C=O) groups is 3. The maximum absolute atomic E-state index is 12.4. The summed E-state index contributed by atoms with van der Waals surface area (Å²) in [6, 6.07) is 7.03. The summed E-state index contributed by atoms with van der Waals surface area (Å²) in [6.45, 7) is 0.591. The number of anilines is 1. The number of carbonyl (C=O) groups excluding carboxylic acids is 3. The minimum absolute atomic E-state index is 0.147. The Morgan fingerprint density at radius 2 is 2.15 bits per heavy atom. The topological polar surface area (TPSA) is 95.8 Å². The number of nitrogens with one attached hydrogen (secondary N) is 2. The third-order valence-corrected chi connectivity index (χ3v) is 5.09. The van der Waals surface area contributed by atoms with Gasteiger partial charge in [0.05, 0.1) is 11.4 Å². The maximum atomic E-state index is 12.4. The number of imide groups is 1. The molecule has 27 heavy (non-hydrogen) atoms. The van der Waals surface area contributed by atoms with Gasteiger partial charge in [0, 0.05) is 49.3 Å². The van der Waals surface area contributed by atoms with Crippen LogP contribution in [0, 0.1) is 0 Å². The van der Waals surface area contributed by atoms with Gasteiger partial charge in [0.15, 0.2) is 4.96 Å². The second-order valence-electron chi connectivity index (χ2n) is 6.15. The second-order valence-corrected chi connectivity index (χ2v) is 7.03. The summed E-state index contributed by atoms with van der Waals surface area (Å²) in [7, 11) is 0. The van der Waals surface area contributed by atoms with Gasteiger partial charge in [-0.15, -0.1) is 11.3 Å². The molecule has 2 N–H and O–H groups in total. The van der Waals surface area contributed by atoms with Crippen molar-refractivity contribution in [1.29, 1.82) is 0 Å². The first-order chi connectivity index (χ1) is 13.1. The Hall–Kier alpha value is -3.20. The van der Waals surface area contributed by atoms with Crippen molar-refractivity contribution in [1.82, 2.24) is 19.6 Å². The fourth-order valence-corrected chi connectivity index (χ4v) is 3.63. The molecule has 9 heteroatoms. The van der Waals surface area contributed by atoms with Crippen LogP contribution in [0.5, 0.6) is 0 Å². The number of hydrogen-bond donors (Lipinski definition) is 2. The van der Waals surface area contributed by atoms with Gasteiger partial charge in [0.1, 0.15) is 0 Å². The van der Waals surface area contributed by atoms with Gasteiger partial charge in [-0.2, -0.15) is 0 Å². The summed E-state index contributed by atoms with van der Waals surface area (Å²) < 4.78 is 1.94. The number of urea groups is 1. The lowest BCUT2D eigenvalue weighted by Crippen LogP contribution is -2.50. The molecule has 0 bridgehead atoms. The van der Waals surface area contributed by atoms with Gasteiger partial charge in [0.2, 0.25) is 11.8 Å². The van der Waals surface area contributed by atoms with Crippen LogP contribution in [0.1, 0.15) is 12.8 Å². The van der Waals surface area contributed by atoms with E-state index in [4.69, 9.17) is 0 Å². The zero-order valence-electron chi connectivity index (χ0n) is 14.3. The molecular formula is C18H17N5O3S. The first kappa shape index (κ1) is 17.2. The predicted octanol–water partition coefficient (Wildman–Crippen LogP) is 2.33. The first-order valence-corrected chi connectivity index (χ1v) is 9.38. The Morgan fingerprint density at radius 3 is 2.96 bits per heavy atom. The van der Waals surface area contributed by atoms with E-state index >= 15 is 0 Å². The smallest absolute Gasteiger partial charge is 0.324 e. The monoisotopic (exact) mass is 383 g/mol. The number of rotatable bonds is 5. The lowest BCUT2D eigenvalue weighted by Gasteiger charge is -2.26. The van der Waals surface area contributed by atoms with E-state index in [2.05, 4.69) is 15.6 Å². The van der Waals surface area contributed by atoms with Gasteiger partial charge in [-0.3, -0.25) is 19.3 Å².